The molecule has 0 saturated heterocycles. The molecule has 43 heavy (non-hydrogen) atoms. The molecule has 0 radical (unpaired) electrons. The van der Waals surface area contributed by atoms with Crippen LogP contribution in [0.3, 0.4) is 0 Å². The van der Waals surface area contributed by atoms with Crippen molar-refractivity contribution in [2.24, 2.45) is 10.9 Å². The van der Waals surface area contributed by atoms with E-state index in [-0.39, 0.29) is 23.8 Å². The molecule has 224 valence electrons. The van der Waals surface area contributed by atoms with Crippen LogP contribution in [0.25, 0.3) is 0 Å². The van der Waals surface area contributed by atoms with Crippen LogP contribution >= 0.6 is 0 Å². The highest BCUT2D eigenvalue weighted by Crippen LogP contribution is 2.48. The fraction of sp³-hybridized carbons (Fsp3) is 0.361. The van der Waals surface area contributed by atoms with Crippen LogP contribution in [-0.2, 0) is 20.9 Å². The molecule has 3 aromatic rings. The molecule has 1 aliphatic heterocycles. The molecular weight excluding hydrogens is 542 g/mol. The van der Waals surface area contributed by atoms with Gasteiger partial charge in [-0.15, -0.1) is 0 Å². The van der Waals surface area contributed by atoms with Crippen LogP contribution in [0.1, 0.15) is 68.6 Å². The Labute approximate surface area is 253 Å². The molecule has 1 aliphatic carbocycles. The Hall–Kier alpha value is -4.39. The zero-order chi connectivity index (χ0) is 30.5. The first-order valence-electron chi connectivity index (χ1n) is 14.8. The van der Waals surface area contributed by atoms with Crippen LogP contribution in [0.5, 0.6) is 17.2 Å². The van der Waals surface area contributed by atoms with E-state index in [1.54, 1.807) is 14.2 Å². The van der Waals surface area contributed by atoms with Crippen molar-refractivity contribution in [2.45, 2.75) is 64.6 Å². The normalized spacial score (nSPS) is 20.5. The number of benzene rings is 3. The lowest BCUT2D eigenvalue weighted by atomic mass is 9.69. The van der Waals surface area contributed by atoms with Crippen molar-refractivity contribution in [1.82, 2.24) is 0 Å². The summed E-state index contributed by atoms with van der Waals surface area (Å²) in [5.41, 5.74) is 4.83. The molecule has 7 nitrogen and oxygen atoms in total. The Bertz CT molecular complexity index is 1540. The van der Waals surface area contributed by atoms with Crippen molar-refractivity contribution < 1.29 is 28.5 Å². The molecule has 0 spiro atoms. The van der Waals surface area contributed by atoms with Gasteiger partial charge in [-0.1, -0.05) is 55.5 Å². The predicted octanol–water partition coefficient (Wildman–Crippen LogP) is 7.20. The summed E-state index contributed by atoms with van der Waals surface area (Å²) in [7, 11) is 3.20. The standard InChI is InChI=1S/C36H39NO6/c1-6-22(2)43-36(39)33-23(3)37-29-18-27(25-15-16-31(40-4)32(20-25)41-5)19-30(38)35(29)34(33)26-13-10-14-28(17-26)42-21-24-11-8-7-9-12-24/h7-17,20,22,27,33-34H,6,18-19,21H2,1-5H3/t22-,27-,33?,34+/m1/s1. The second-order valence-electron chi connectivity index (χ2n) is 11.2. The summed E-state index contributed by atoms with van der Waals surface area (Å²) >= 11 is 0. The molecule has 0 saturated carbocycles. The average molecular weight is 582 g/mol. The van der Waals surface area contributed by atoms with Gasteiger partial charge >= 0.3 is 5.97 Å². The molecule has 4 atom stereocenters. The number of rotatable bonds is 10. The van der Waals surface area contributed by atoms with E-state index in [0.29, 0.717) is 54.4 Å². The molecule has 2 aliphatic rings. The number of carbonyl (C=O) groups is 2. The van der Waals surface area contributed by atoms with Gasteiger partial charge in [-0.25, -0.2) is 0 Å². The van der Waals surface area contributed by atoms with Crippen LogP contribution in [0.4, 0.5) is 0 Å². The molecule has 0 aromatic heterocycles. The van der Waals surface area contributed by atoms with Crippen molar-refractivity contribution in [1.29, 1.82) is 0 Å². The molecule has 0 amide bonds. The SMILES string of the molecule is CC[C@@H](C)OC(=O)C1C(C)=NC2=C(C(=O)C[C@H](c3ccc(OC)c(OC)c3)C2)[C@H]1c1cccc(OCc2ccccc2)c1. The Balaban J connectivity index is 1.52. The summed E-state index contributed by atoms with van der Waals surface area (Å²) in [6, 6.07) is 23.4. The minimum atomic E-state index is -0.710. The number of esters is 1. The first-order valence-corrected chi connectivity index (χ1v) is 14.8. The van der Waals surface area contributed by atoms with E-state index in [2.05, 4.69) is 0 Å². The second-order valence-corrected chi connectivity index (χ2v) is 11.2. The molecule has 5 rings (SSSR count). The molecule has 1 unspecified atom stereocenters. The van der Waals surface area contributed by atoms with E-state index in [0.717, 1.165) is 22.4 Å². The van der Waals surface area contributed by atoms with E-state index in [4.69, 9.17) is 23.9 Å². The number of carbonyl (C=O) groups excluding carboxylic acids is 2. The van der Waals surface area contributed by atoms with E-state index in [1.807, 2.05) is 93.6 Å². The maximum absolute atomic E-state index is 14.1. The summed E-state index contributed by atoms with van der Waals surface area (Å²) in [6.45, 7) is 6.13. The first kappa shape index (κ1) is 30.1. The zero-order valence-electron chi connectivity index (χ0n) is 25.5. The van der Waals surface area contributed by atoms with E-state index in [1.165, 1.54) is 0 Å². The first-order chi connectivity index (χ1) is 20.8. The molecule has 0 N–H and O–H groups in total. The number of hydrogen-bond donors (Lipinski definition) is 0. The van der Waals surface area contributed by atoms with E-state index in [9.17, 15) is 9.59 Å². The van der Waals surface area contributed by atoms with E-state index >= 15 is 0 Å². The number of nitrogens with zero attached hydrogens (tertiary/aromatic N) is 1. The van der Waals surface area contributed by atoms with Crippen LogP contribution in [0, 0.1) is 5.92 Å². The minimum absolute atomic E-state index is 0.0146. The number of methoxy groups -OCH3 is 2. The summed E-state index contributed by atoms with van der Waals surface area (Å²) < 4.78 is 22.9. The number of allylic oxidation sites excluding steroid dienone is 2. The fourth-order valence-electron chi connectivity index (χ4n) is 5.96. The zero-order valence-corrected chi connectivity index (χ0v) is 25.5. The quantitative estimate of drug-likeness (QED) is 0.236. The lowest BCUT2D eigenvalue weighted by Gasteiger charge is -2.37. The highest BCUT2D eigenvalue weighted by molar-refractivity contribution is 6.09. The van der Waals surface area contributed by atoms with Crippen molar-refractivity contribution in [2.75, 3.05) is 14.2 Å². The van der Waals surface area contributed by atoms with Crippen molar-refractivity contribution in [3.8, 4) is 17.2 Å². The molecular formula is C36H39NO6. The monoisotopic (exact) mass is 581 g/mol. The lowest BCUT2D eigenvalue weighted by molar-refractivity contribution is -0.151. The van der Waals surface area contributed by atoms with Gasteiger partial charge < -0.3 is 18.9 Å². The van der Waals surface area contributed by atoms with Crippen LogP contribution in [-0.4, -0.2) is 37.8 Å². The number of ether oxygens (including phenoxy) is 4. The van der Waals surface area contributed by atoms with Gasteiger partial charge in [-0.05, 0) is 73.6 Å². The number of Topliss-reactive ketones (excluding diaryl/α,β-unsaturated/α-hetero) is 1. The largest absolute Gasteiger partial charge is 0.493 e. The fourth-order valence-corrected chi connectivity index (χ4v) is 5.96. The summed E-state index contributed by atoms with van der Waals surface area (Å²) in [4.78, 5) is 32.6. The smallest absolute Gasteiger partial charge is 0.315 e. The maximum atomic E-state index is 14.1. The van der Waals surface area contributed by atoms with Gasteiger partial charge in [-0.3, -0.25) is 14.6 Å². The van der Waals surface area contributed by atoms with Gasteiger partial charge in [0.15, 0.2) is 17.3 Å². The minimum Gasteiger partial charge on any atom is -0.493 e. The Morgan fingerprint density at radius 1 is 0.930 bits per heavy atom. The Kier molecular flexibility index (Phi) is 9.29. The second kappa shape index (κ2) is 13.3. The molecule has 1 heterocycles. The van der Waals surface area contributed by atoms with Crippen LogP contribution < -0.4 is 14.2 Å². The van der Waals surface area contributed by atoms with E-state index < -0.39 is 11.8 Å². The van der Waals surface area contributed by atoms with Crippen LogP contribution in [0.15, 0.2) is 89.1 Å². The number of aliphatic imine (C=N–C) groups is 1. The third-order valence-electron chi connectivity index (χ3n) is 8.38. The van der Waals surface area contributed by atoms with Gasteiger partial charge in [-0.2, -0.15) is 0 Å². The van der Waals surface area contributed by atoms with Gasteiger partial charge in [0.25, 0.3) is 0 Å². The molecule has 0 bridgehead atoms. The molecule has 7 heteroatoms. The highest BCUT2D eigenvalue weighted by atomic mass is 16.5. The van der Waals surface area contributed by atoms with Crippen molar-refractivity contribution in [3.05, 3.63) is 101 Å². The third kappa shape index (κ3) is 6.51. The molecule has 0 fully saturated rings. The van der Waals surface area contributed by atoms with Gasteiger partial charge in [0.05, 0.1) is 20.3 Å². The van der Waals surface area contributed by atoms with Crippen molar-refractivity contribution in [3.63, 3.8) is 0 Å². The third-order valence-corrected chi connectivity index (χ3v) is 8.38. The highest BCUT2D eigenvalue weighted by Gasteiger charge is 2.45. The lowest BCUT2D eigenvalue weighted by Crippen LogP contribution is -2.39. The van der Waals surface area contributed by atoms with Gasteiger partial charge in [0.1, 0.15) is 18.3 Å². The average Bonchev–Trinajstić information content (AvgIpc) is 3.03. The van der Waals surface area contributed by atoms with Gasteiger partial charge in [0, 0.05) is 29.3 Å². The Morgan fingerprint density at radius 3 is 2.42 bits per heavy atom. The summed E-state index contributed by atoms with van der Waals surface area (Å²) in [5, 5.41) is 0. The number of ketones is 1. The predicted molar refractivity (Wildman–Crippen MR) is 166 cm³/mol. The van der Waals surface area contributed by atoms with Crippen LogP contribution in [0.2, 0.25) is 0 Å². The summed E-state index contributed by atoms with van der Waals surface area (Å²) in [6.07, 6.45) is 1.33. The van der Waals surface area contributed by atoms with Crippen molar-refractivity contribution >= 4 is 17.5 Å². The summed E-state index contributed by atoms with van der Waals surface area (Å²) in [5.74, 6) is 0.237. The Morgan fingerprint density at radius 2 is 1.70 bits per heavy atom. The topological polar surface area (TPSA) is 83.4 Å². The number of hydrogen-bond acceptors (Lipinski definition) is 7. The maximum Gasteiger partial charge on any atom is 0.315 e. The molecule has 3 aromatic carbocycles. The van der Waals surface area contributed by atoms with Gasteiger partial charge in [0.2, 0.25) is 0 Å².